The number of imide groups is 1. The highest BCUT2D eigenvalue weighted by molar-refractivity contribution is 8.15. The van der Waals surface area contributed by atoms with Gasteiger partial charge in [0.05, 0.1) is 12.3 Å². The number of carbonyl (C=O) groups excluding carboxylic acids is 2. The van der Waals surface area contributed by atoms with E-state index in [1.165, 1.54) is 28.8 Å². The van der Waals surface area contributed by atoms with E-state index in [9.17, 15) is 14.0 Å². The Balaban J connectivity index is 1.70. The molecule has 2 aromatic carbocycles. The van der Waals surface area contributed by atoms with Crippen LogP contribution in [0, 0.1) is 5.82 Å². The van der Waals surface area contributed by atoms with Gasteiger partial charge in [-0.15, -0.1) is 0 Å². The predicted molar refractivity (Wildman–Crippen MR) is 119 cm³/mol. The van der Waals surface area contributed by atoms with Gasteiger partial charge in [-0.05, 0) is 55.8 Å². The molecule has 0 aromatic heterocycles. The standard InChI is InChI=1S/C22H24FN3O3S/c1-3-12-29-18-10-8-17(9-11-18)26-20(27)14-19(21(26)28)30-22(24-4-2)25-16-7-5-6-15(23)13-16/h5-11,13,19H,3-4,12,14H2,1-2H3,(H,24,25)/t19-/m0/s1. The smallest absolute Gasteiger partial charge is 0.247 e. The maximum absolute atomic E-state index is 13.5. The summed E-state index contributed by atoms with van der Waals surface area (Å²) in [5, 5.41) is 2.91. The summed E-state index contributed by atoms with van der Waals surface area (Å²) < 4.78 is 19.0. The highest BCUT2D eigenvalue weighted by atomic mass is 32.2. The van der Waals surface area contributed by atoms with Crippen molar-refractivity contribution in [1.82, 2.24) is 0 Å². The minimum atomic E-state index is -0.597. The van der Waals surface area contributed by atoms with E-state index in [0.717, 1.165) is 6.42 Å². The zero-order valence-corrected chi connectivity index (χ0v) is 17.7. The van der Waals surface area contributed by atoms with Gasteiger partial charge in [-0.25, -0.2) is 9.29 Å². The van der Waals surface area contributed by atoms with E-state index in [1.54, 1.807) is 36.4 Å². The molecule has 30 heavy (non-hydrogen) atoms. The molecule has 1 atom stereocenters. The van der Waals surface area contributed by atoms with Crippen LogP contribution < -0.4 is 15.0 Å². The Morgan fingerprint density at radius 2 is 2.00 bits per heavy atom. The molecule has 0 unspecified atom stereocenters. The van der Waals surface area contributed by atoms with Crippen molar-refractivity contribution in [3.8, 4) is 5.75 Å². The van der Waals surface area contributed by atoms with E-state index < -0.39 is 5.25 Å². The first-order valence-electron chi connectivity index (χ1n) is 9.85. The van der Waals surface area contributed by atoms with Gasteiger partial charge in [0.25, 0.3) is 0 Å². The van der Waals surface area contributed by atoms with Crippen molar-refractivity contribution >= 4 is 40.1 Å². The SMILES string of the molecule is CCCOc1ccc(N2C(=O)C[C@H](SC(=NCC)Nc3cccc(F)c3)C2=O)cc1. The Labute approximate surface area is 179 Å². The molecule has 1 aliphatic rings. The first-order chi connectivity index (χ1) is 14.5. The first-order valence-corrected chi connectivity index (χ1v) is 10.7. The van der Waals surface area contributed by atoms with Crippen molar-refractivity contribution < 1.29 is 18.7 Å². The Hall–Kier alpha value is -2.87. The molecular formula is C22H24FN3O3S. The lowest BCUT2D eigenvalue weighted by Crippen LogP contribution is -2.31. The van der Waals surface area contributed by atoms with E-state index in [1.807, 2.05) is 13.8 Å². The number of hydrogen-bond acceptors (Lipinski definition) is 5. The second kappa shape index (κ2) is 10.2. The Bertz CT molecular complexity index is 933. The predicted octanol–water partition coefficient (Wildman–Crippen LogP) is 4.47. The number of nitrogens with zero attached hydrogens (tertiary/aromatic N) is 2. The van der Waals surface area contributed by atoms with Crippen LogP contribution in [0.1, 0.15) is 26.7 Å². The Morgan fingerprint density at radius 1 is 1.23 bits per heavy atom. The summed E-state index contributed by atoms with van der Waals surface area (Å²) in [7, 11) is 0. The van der Waals surface area contributed by atoms with Crippen molar-refractivity contribution in [2.24, 2.45) is 4.99 Å². The normalized spacial score (nSPS) is 16.8. The maximum atomic E-state index is 13.5. The number of carbonyl (C=O) groups is 2. The number of thioether (sulfide) groups is 1. The molecule has 2 amide bonds. The van der Waals surface area contributed by atoms with Gasteiger partial charge in [0.1, 0.15) is 16.8 Å². The van der Waals surface area contributed by atoms with Gasteiger partial charge in [-0.3, -0.25) is 14.6 Å². The molecule has 1 heterocycles. The van der Waals surface area contributed by atoms with E-state index in [0.29, 0.717) is 35.4 Å². The fourth-order valence-electron chi connectivity index (χ4n) is 2.95. The number of benzene rings is 2. The number of rotatable bonds is 7. The summed E-state index contributed by atoms with van der Waals surface area (Å²) in [5.41, 5.74) is 1.05. The number of halogens is 1. The van der Waals surface area contributed by atoms with E-state index >= 15 is 0 Å². The molecule has 1 saturated heterocycles. The maximum Gasteiger partial charge on any atom is 0.247 e. The average Bonchev–Trinajstić information content (AvgIpc) is 3.00. The van der Waals surface area contributed by atoms with Crippen LogP contribution in [0.25, 0.3) is 0 Å². The third-order valence-electron chi connectivity index (χ3n) is 4.30. The zero-order chi connectivity index (χ0) is 21.5. The molecule has 1 aliphatic heterocycles. The summed E-state index contributed by atoms with van der Waals surface area (Å²) in [6.07, 6.45) is 0.972. The van der Waals surface area contributed by atoms with Gasteiger partial charge >= 0.3 is 0 Å². The van der Waals surface area contributed by atoms with Gasteiger partial charge in [0, 0.05) is 18.7 Å². The van der Waals surface area contributed by atoms with Crippen LogP contribution in [0.4, 0.5) is 15.8 Å². The average molecular weight is 430 g/mol. The minimum Gasteiger partial charge on any atom is -0.494 e. The number of nitrogens with one attached hydrogen (secondary N) is 1. The van der Waals surface area contributed by atoms with Gasteiger partial charge < -0.3 is 10.1 Å². The van der Waals surface area contributed by atoms with E-state index in [4.69, 9.17) is 4.74 Å². The summed E-state index contributed by atoms with van der Waals surface area (Å²) in [4.78, 5) is 31.0. The number of ether oxygens (including phenoxy) is 1. The topological polar surface area (TPSA) is 71.0 Å². The summed E-state index contributed by atoms with van der Waals surface area (Å²) in [5.74, 6) is -0.230. The van der Waals surface area contributed by atoms with Gasteiger partial charge in [-0.2, -0.15) is 0 Å². The monoisotopic (exact) mass is 429 g/mol. The summed E-state index contributed by atoms with van der Waals surface area (Å²) in [6.45, 7) is 4.98. The van der Waals surface area contributed by atoms with Crippen LogP contribution in [0.3, 0.4) is 0 Å². The van der Waals surface area contributed by atoms with Crippen LogP contribution in [0.5, 0.6) is 5.75 Å². The molecular weight excluding hydrogens is 405 g/mol. The highest BCUT2D eigenvalue weighted by Crippen LogP contribution is 2.31. The van der Waals surface area contributed by atoms with Crippen LogP contribution in [0.15, 0.2) is 53.5 Å². The summed E-state index contributed by atoms with van der Waals surface area (Å²) in [6, 6.07) is 12.9. The molecule has 3 rings (SSSR count). The molecule has 8 heteroatoms. The zero-order valence-electron chi connectivity index (χ0n) is 16.9. The molecule has 6 nitrogen and oxygen atoms in total. The molecule has 1 fully saturated rings. The van der Waals surface area contributed by atoms with Gasteiger partial charge in [-0.1, -0.05) is 24.8 Å². The van der Waals surface area contributed by atoms with Crippen LogP contribution in [0.2, 0.25) is 0 Å². The lowest BCUT2D eigenvalue weighted by Gasteiger charge is -2.16. The molecule has 0 spiro atoms. The molecule has 158 valence electrons. The molecule has 1 N–H and O–H groups in total. The second-order valence-electron chi connectivity index (χ2n) is 6.64. The van der Waals surface area contributed by atoms with Crippen molar-refractivity contribution in [3.63, 3.8) is 0 Å². The Kier molecular flexibility index (Phi) is 7.46. The van der Waals surface area contributed by atoms with Crippen LogP contribution >= 0.6 is 11.8 Å². The molecule has 0 radical (unpaired) electrons. The molecule has 2 aromatic rings. The second-order valence-corrected chi connectivity index (χ2v) is 7.83. The van der Waals surface area contributed by atoms with Gasteiger partial charge in [0.2, 0.25) is 11.8 Å². The van der Waals surface area contributed by atoms with Crippen molar-refractivity contribution in [3.05, 3.63) is 54.3 Å². The minimum absolute atomic E-state index is 0.0746. The molecule has 0 bridgehead atoms. The molecule has 0 aliphatic carbocycles. The summed E-state index contributed by atoms with van der Waals surface area (Å²) >= 11 is 1.18. The number of anilines is 2. The highest BCUT2D eigenvalue weighted by Gasteiger charge is 2.40. The van der Waals surface area contributed by atoms with Gasteiger partial charge in [0.15, 0.2) is 5.17 Å². The third kappa shape index (κ3) is 5.38. The largest absolute Gasteiger partial charge is 0.494 e. The fourth-order valence-corrected chi connectivity index (χ4v) is 4.04. The van der Waals surface area contributed by atoms with Crippen molar-refractivity contribution in [2.75, 3.05) is 23.4 Å². The number of amidine groups is 1. The Morgan fingerprint density at radius 3 is 2.67 bits per heavy atom. The lowest BCUT2D eigenvalue weighted by atomic mass is 10.3. The van der Waals surface area contributed by atoms with Crippen LogP contribution in [-0.4, -0.2) is 35.4 Å². The van der Waals surface area contributed by atoms with Crippen molar-refractivity contribution in [1.29, 1.82) is 0 Å². The molecule has 0 saturated carbocycles. The quantitative estimate of drug-likeness (QED) is 0.400. The number of aliphatic imine (C=N–C) groups is 1. The van der Waals surface area contributed by atoms with Crippen molar-refractivity contribution in [2.45, 2.75) is 31.9 Å². The van der Waals surface area contributed by atoms with E-state index in [2.05, 4.69) is 10.3 Å². The number of amides is 2. The lowest BCUT2D eigenvalue weighted by molar-refractivity contribution is -0.121. The van der Waals surface area contributed by atoms with Crippen LogP contribution in [-0.2, 0) is 9.59 Å². The first kappa shape index (κ1) is 21.8. The fraction of sp³-hybridized carbons (Fsp3) is 0.318. The third-order valence-corrected chi connectivity index (χ3v) is 5.41. The van der Waals surface area contributed by atoms with E-state index in [-0.39, 0.29) is 24.1 Å². The number of hydrogen-bond donors (Lipinski definition) is 1.